The molecule has 1 aromatic rings. The van der Waals surface area contributed by atoms with E-state index in [-0.39, 0.29) is 96.9 Å². The molecule has 2 aliphatic heterocycles. The largest absolute Gasteiger partial charge is 0.481 e. The number of hydrogen-bond donors (Lipinski definition) is 13. The average molecular weight is 1030 g/mol. The lowest BCUT2D eigenvalue weighted by atomic mass is 9.78. The number of aliphatic carboxylic acids is 4. The molecule has 1 aromatic carbocycles. The fraction of sp³-hybridized carbons (Fsp3) is 0.605. The van der Waals surface area contributed by atoms with Crippen molar-refractivity contribution in [2.75, 3.05) is 98.2 Å². The Labute approximate surface area is 420 Å². The molecule has 0 saturated carbocycles. The number of likely N-dealkylation sites (tertiary alicyclic amines) is 1. The van der Waals surface area contributed by atoms with Crippen molar-refractivity contribution < 1.29 is 83.2 Å². The second-order valence-electron chi connectivity index (χ2n) is 17.5. The number of rotatable bonds is 26. The molecular formula is C43H67BN12O17. The van der Waals surface area contributed by atoms with E-state index >= 15 is 0 Å². The van der Waals surface area contributed by atoms with Gasteiger partial charge in [0.15, 0.2) is 0 Å². The normalized spacial score (nSPS) is 17.5. The van der Waals surface area contributed by atoms with Crippen LogP contribution in [0.5, 0.6) is 0 Å². The molecule has 2 saturated heterocycles. The summed E-state index contributed by atoms with van der Waals surface area (Å²) in [6.07, 6.45) is 0.147. The van der Waals surface area contributed by atoms with Crippen molar-refractivity contribution in [2.45, 2.75) is 69.6 Å². The summed E-state index contributed by atoms with van der Waals surface area (Å²) in [7, 11) is -1.72. The van der Waals surface area contributed by atoms with Gasteiger partial charge in [-0.2, -0.15) is 0 Å². The number of carbonyl (C=O) groups is 11. The highest BCUT2D eigenvalue weighted by molar-refractivity contribution is 6.43. The number of carbonyl (C=O) groups excluding carboxylic acids is 7. The number of nitrogens with two attached hydrogens (primary N) is 1. The van der Waals surface area contributed by atoms with Crippen LogP contribution in [0, 0.1) is 0 Å². The molecule has 4 atom stereocenters. The molecule has 2 fully saturated rings. The minimum absolute atomic E-state index is 0.00371. The first-order valence-corrected chi connectivity index (χ1v) is 23.5. The summed E-state index contributed by atoms with van der Waals surface area (Å²) in [6, 6.07) is 1.05. The van der Waals surface area contributed by atoms with Gasteiger partial charge in [0.1, 0.15) is 18.1 Å². The van der Waals surface area contributed by atoms with Crippen LogP contribution >= 0.6 is 0 Å². The Bertz CT molecular complexity index is 2070. The Morgan fingerprint density at radius 1 is 0.630 bits per heavy atom. The highest BCUT2D eigenvalue weighted by Gasteiger charge is 2.38. The molecule has 0 aromatic heterocycles. The van der Waals surface area contributed by atoms with Crippen LogP contribution in [-0.2, 0) is 49.7 Å². The third-order valence-electron chi connectivity index (χ3n) is 11.8. The van der Waals surface area contributed by atoms with Crippen molar-refractivity contribution >= 4 is 72.5 Å². The average Bonchev–Trinajstić information content (AvgIpc) is 3.81. The smallest absolute Gasteiger partial charge is 0.475 e. The van der Waals surface area contributed by atoms with Gasteiger partial charge >= 0.3 is 37.0 Å². The zero-order chi connectivity index (χ0) is 54.2. The lowest BCUT2D eigenvalue weighted by Crippen LogP contribution is -2.54. The predicted octanol–water partition coefficient (Wildman–Crippen LogP) is -6.09. The number of nitrogens with zero attached hydrogens (tertiary/aromatic N) is 5. The van der Waals surface area contributed by atoms with Gasteiger partial charge < -0.3 is 73.0 Å². The molecule has 0 unspecified atom stereocenters. The van der Waals surface area contributed by atoms with Gasteiger partial charge in [-0.05, 0) is 50.3 Å². The molecule has 14 N–H and O–H groups in total. The summed E-state index contributed by atoms with van der Waals surface area (Å²) in [6.45, 7) is 0.327. The molecule has 0 radical (unpaired) electrons. The van der Waals surface area contributed by atoms with E-state index in [1.54, 1.807) is 19.6 Å². The van der Waals surface area contributed by atoms with E-state index in [0.29, 0.717) is 24.9 Å². The third-order valence-corrected chi connectivity index (χ3v) is 11.8. The second-order valence-corrected chi connectivity index (χ2v) is 17.5. The van der Waals surface area contributed by atoms with Crippen LogP contribution in [0.1, 0.15) is 54.9 Å². The van der Waals surface area contributed by atoms with Crippen molar-refractivity contribution in [1.82, 2.24) is 56.4 Å². The summed E-state index contributed by atoms with van der Waals surface area (Å²) in [5.74, 6) is -10.2. The van der Waals surface area contributed by atoms with Crippen molar-refractivity contribution in [1.29, 1.82) is 0 Å². The Kier molecular flexibility index (Phi) is 25.4. The van der Waals surface area contributed by atoms with Crippen molar-refractivity contribution in [3.8, 4) is 0 Å². The van der Waals surface area contributed by atoms with E-state index in [0.717, 1.165) is 0 Å². The SMILES string of the molecule is C[C@@H](NC(=O)c1ccc(CNC(=O)[C@H](CC(=O)O)NC(=O)CNC(=O)[C@H](CCCNC(N)=O)NC(=O)CN2CCN(CC(=O)O)CCN(CC(=O)O)CCN(CC(=O)O)CC2)cc1)C(=O)N1CCC[C@H]1B(O)O. The van der Waals surface area contributed by atoms with Gasteiger partial charge in [-0.1, -0.05) is 12.1 Å². The van der Waals surface area contributed by atoms with Gasteiger partial charge in [0.05, 0.1) is 45.1 Å². The standard InChI is InChI=1S/C43H67BN12O17/c1-27(42(70)56-11-3-5-32(56)44(72)73)49-39(67)29-8-6-28(7-9-29)21-47-41(69)31(20-35(59)60)51-33(57)22-48-40(68)30(4-2-10-46-43(45)71)50-34(58)23-52-12-14-53(24-36(61)62)16-18-55(26-38(65)66)19-17-54(15-13-52)25-37(63)64/h6-9,27,30-32,72-73H,2-5,10-26H2,1H3,(H,47,69)(H,48,68)(H,49,67)(H,50,58)(H,51,57)(H,59,60)(H,61,62)(H,63,64)(H,65,66)(H3,45,46,71)/t27-,30+,31+,32+/m1/s1. The maximum absolute atomic E-state index is 13.6. The van der Waals surface area contributed by atoms with Crippen LogP contribution in [0.2, 0.25) is 0 Å². The molecule has 404 valence electrons. The lowest BCUT2D eigenvalue weighted by Gasteiger charge is -2.33. The summed E-state index contributed by atoms with van der Waals surface area (Å²) in [4.78, 5) is 145. The molecular weight excluding hydrogens is 967 g/mol. The van der Waals surface area contributed by atoms with Crippen molar-refractivity contribution in [2.24, 2.45) is 5.73 Å². The summed E-state index contributed by atoms with van der Waals surface area (Å²) >= 11 is 0. The van der Waals surface area contributed by atoms with Gasteiger partial charge in [-0.3, -0.25) is 67.5 Å². The molecule has 8 amide bonds. The van der Waals surface area contributed by atoms with E-state index < -0.39 is 123 Å². The second kappa shape index (κ2) is 30.8. The quantitative estimate of drug-likeness (QED) is 0.0303. The summed E-state index contributed by atoms with van der Waals surface area (Å²) in [5.41, 5.74) is 5.78. The van der Waals surface area contributed by atoms with Gasteiger partial charge in [-0.15, -0.1) is 0 Å². The number of carboxylic acids is 4. The number of hydrogen-bond acceptors (Lipinski definition) is 17. The number of amides is 8. The van der Waals surface area contributed by atoms with Crippen LogP contribution in [0.15, 0.2) is 24.3 Å². The molecule has 2 heterocycles. The lowest BCUT2D eigenvalue weighted by molar-refractivity contribution is -0.141. The third kappa shape index (κ3) is 23.0. The number of carboxylic acid groups (broad SMARTS) is 4. The topological polar surface area (TPSA) is 424 Å². The molecule has 0 aliphatic carbocycles. The maximum Gasteiger partial charge on any atom is 0.475 e. The van der Waals surface area contributed by atoms with Crippen molar-refractivity contribution in [3.63, 3.8) is 0 Å². The molecule has 30 heteroatoms. The van der Waals surface area contributed by atoms with E-state index in [1.165, 1.54) is 36.1 Å². The minimum atomic E-state index is -1.72. The zero-order valence-electron chi connectivity index (χ0n) is 40.5. The molecule has 73 heavy (non-hydrogen) atoms. The van der Waals surface area contributed by atoms with E-state index in [2.05, 4.69) is 31.9 Å². The molecule has 3 rings (SSSR count). The Balaban J connectivity index is 1.63. The Morgan fingerprint density at radius 2 is 1.12 bits per heavy atom. The number of benzene rings is 1. The van der Waals surface area contributed by atoms with E-state index in [4.69, 9.17) is 5.73 Å². The monoisotopic (exact) mass is 1030 g/mol. The van der Waals surface area contributed by atoms with Crippen LogP contribution in [-0.4, -0.2) is 250 Å². The molecule has 29 nitrogen and oxygen atoms in total. The highest BCUT2D eigenvalue weighted by atomic mass is 16.4. The first-order chi connectivity index (χ1) is 34.5. The van der Waals surface area contributed by atoms with Gasteiger partial charge in [0, 0.05) is 77.6 Å². The number of primary amides is 1. The van der Waals surface area contributed by atoms with Gasteiger partial charge in [0.2, 0.25) is 29.5 Å². The number of nitrogens with one attached hydrogen (secondary N) is 6. The predicted molar refractivity (Wildman–Crippen MR) is 255 cm³/mol. The minimum Gasteiger partial charge on any atom is -0.481 e. The maximum atomic E-state index is 13.6. The van der Waals surface area contributed by atoms with Crippen LogP contribution < -0.4 is 37.6 Å². The fourth-order valence-corrected chi connectivity index (χ4v) is 7.99. The van der Waals surface area contributed by atoms with Gasteiger partial charge in [-0.25, -0.2) is 4.79 Å². The molecule has 2 aliphatic rings. The highest BCUT2D eigenvalue weighted by Crippen LogP contribution is 2.19. The van der Waals surface area contributed by atoms with E-state index in [1.807, 2.05) is 0 Å². The van der Waals surface area contributed by atoms with Crippen LogP contribution in [0.25, 0.3) is 0 Å². The Morgan fingerprint density at radius 3 is 1.60 bits per heavy atom. The van der Waals surface area contributed by atoms with Crippen LogP contribution in [0.3, 0.4) is 0 Å². The fourth-order valence-electron chi connectivity index (χ4n) is 7.99. The van der Waals surface area contributed by atoms with Crippen LogP contribution in [0.4, 0.5) is 4.79 Å². The van der Waals surface area contributed by atoms with E-state index in [9.17, 15) is 83.2 Å². The van der Waals surface area contributed by atoms with Gasteiger partial charge in [0.25, 0.3) is 5.91 Å². The molecule has 0 bridgehead atoms. The summed E-state index contributed by atoms with van der Waals surface area (Å²) in [5, 5.41) is 71.8. The first-order valence-electron chi connectivity index (χ1n) is 23.5. The first kappa shape index (κ1) is 60.3. The van der Waals surface area contributed by atoms with Crippen molar-refractivity contribution in [3.05, 3.63) is 35.4 Å². The zero-order valence-corrected chi connectivity index (χ0v) is 40.5. The molecule has 0 spiro atoms. The number of urea groups is 1. The summed E-state index contributed by atoms with van der Waals surface area (Å²) < 4.78 is 0. The Hall–Kier alpha value is -6.99.